The van der Waals surface area contributed by atoms with Crippen molar-refractivity contribution >= 4 is 13.8 Å². The van der Waals surface area contributed by atoms with Crippen LogP contribution >= 0.6 is 7.80 Å². The molecule has 0 saturated carbocycles. The van der Waals surface area contributed by atoms with Crippen molar-refractivity contribution < 1.29 is 14.5 Å². The Morgan fingerprint density at radius 1 is 0.720 bits per heavy atom. The second-order valence-corrected chi connectivity index (χ2v) is 7.79. The van der Waals surface area contributed by atoms with Gasteiger partial charge in [-0.15, -0.1) is 0 Å². The Morgan fingerprint density at radius 3 is 1.32 bits per heavy atom. The Balaban J connectivity index is 2.36. The van der Waals surface area contributed by atoms with Gasteiger partial charge in [0.2, 0.25) is 0 Å². The van der Waals surface area contributed by atoms with E-state index in [4.69, 9.17) is 0 Å². The molecular formula is C21H19O3P. The van der Waals surface area contributed by atoms with Crippen LogP contribution in [0.3, 0.4) is 0 Å². The molecule has 0 radical (unpaired) electrons. The van der Waals surface area contributed by atoms with Crippen molar-refractivity contribution in [3.05, 3.63) is 108 Å². The van der Waals surface area contributed by atoms with E-state index in [-0.39, 0.29) is 6.16 Å². The number of aliphatic carboxylic acids is 1. The molecule has 1 N–H and O–H groups in total. The van der Waals surface area contributed by atoms with Crippen LogP contribution in [0.2, 0.25) is 0 Å². The van der Waals surface area contributed by atoms with Crippen LogP contribution in [-0.4, -0.2) is 17.2 Å². The van der Waals surface area contributed by atoms with E-state index >= 15 is 0 Å². The van der Waals surface area contributed by atoms with Gasteiger partial charge in [0, 0.05) is 0 Å². The minimum Gasteiger partial charge on any atom is -0.481 e. The number of carboxylic acid groups (broad SMARTS) is 1. The maximum Gasteiger partial charge on any atom is 0.310 e. The van der Waals surface area contributed by atoms with Crippen LogP contribution < -0.4 is 0 Å². The third-order valence-electron chi connectivity index (χ3n) is 4.35. The normalized spacial score (nSPS) is 12.5. The molecule has 1 atom stereocenters. The lowest BCUT2D eigenvalue weighted by molar-refractivity contribution is -0.134. The maximum atomic E-state index is 13.5. The van der Waals surface area contributed by atoms with Crippen LogP contribution in [0, 0.1) is 0 Å². The van der Waals surface area contributed by atoms with E-state index < -0.39 is 18.9 Å². The van der Waals surface area contributed by atoms with Gasteiger partial charge in [0.1, 0.15) is 7.80 Å². The highest BCUT2D eigenvalue weighted by molar-refractivity contribution is 7.47. The predicted molar refractivity (Wildman–Crippen MR) is 101 cm³/mol. The largest absolute Gasteiger partial charge is 0.481 e. The standard InChI is InChI=1S/C21H19O3P/c22-20(23)16-25(24)21(17-10-4-1-5-11-17,18-12-6-2-7-13-18)19-14-8-3-9-15-19/h1-15,25H,16H2,(H,22,23). The Kier molecular flexibility index (Phi) is 5.16. The van der Waals surface area contributed by atoms with Crippen LogP contribution in [0.1, 0.15) is 16.7 Å². The molecule has 0 aliphatic rings. The molecular weight excluding hydrogens is 331 g/mol. The summed E-state index contributed by atoms with van der Waals surface area (Å²) in [5, 5.41) is 8.35. The van der Waals surface area contributed by atoms with E-state index in [1.807, 2.05) is 91.0 Å². The molecule has 0 amide bonds. The third kappa shape index (κ3) is 3.29. The zero-order chi connectivity index (χ0) is 17.7. The number of benzene rings is 3. The van der Waals surface area contributed by atoms with Crippen molar-refractivity contribution in [1.29, 1.82) is 0 Å². The summed E-state index contributed by atoms with van der Waals surface area (Å²) < 4.78 is 13.5. The molecule has 0 aromatic heterocycles. The number of carbonyl (C=O) groups is 1. The topological polar surface area (TPSA) is 54.4 Å². The fraction of sp³-hybridized carbons (Fsp3) is 0.0952. The molecule has 3 rings (SSSR count). The third-order valence-corrected chi connectivity index (χ3v) is 6.68. The van der Waals surface area contributed by atoms with Crippen molar-refractivity contribution in [2.75, 3.05) is 6.16 Å². The van der Waals surface area contributed by atoms with E-state index in [0.717, 1.165) is 16.7 Å². The molecule has 0 spiro atoms. The fourth-order valence-corrected chi connectivity index (χ4v) is 5.32. The Morgan fingerprint density at radius 2 is 1.04 bits per heavy atom. The lowest BCUT2D eigenvalue weighted by atomic mass is 9.84. The molecule has 4 heteroatoms. The summed E-state index contributed by atoms with van der Waals surface area (Å²) in [6.45, 7) is 0. The summed E-state index contributed by atoms with van der Waals surface area (Å²) in [5.41, 5.74) is 2.53. The molecule has 0 aliphatic carbocycles. The number of hydrogen-bond donors (Lipinski definition) is 1. The summed E-state index contributed by atoms with van der Waals surface area (Å²) in [7, 11) is -2.59. The van der Waals surface area contributed by atoms with Crippen LogP contribution in [0.25, 0.3) is 0 Å². The first-order valence-corrected chi connectivity index (χ1v) is 9.69. The first-order valence-electron chi connectivity index (χ1n) is 8.07. The van der Waals surface area contributed by atoms with E-state index in [9.17, 15) is 14.5 Å². The Bertz CT molecular complexity index is 765. The number of rotatable bonds is 6. The summed E-state index contributed by atoms with van der Waals surface area (Å²) in [5.74, 6) is -1.05. The van der Waals surface area contributed by atoms with Crippen LogP contribution in [0.4, 0.5) is 0 Å². The molecule has 1 unspecified atom stereocenters. The van der Waals surface area contributed by atoms with E-state index in [1.165, 1.54) is 0 Å². The summed E-state index contributed by atoms with van der Waals surface area (Å²) >= 11 is 0. The minimum absolute atomic E-state index is 0.358. The summed E-state index contributed by atoms with van der Waals surface area (Å²) in [4.78, 5) is 11.4. The molecule has 3 nitrogen and oxygen atoms in total. The van der Waals surface area contributed by atoms with Crippen LogP contribution in [0.5, 0.6) is 0 Å². The average Bonchev–Trinajstić information content (AvgIpc) is 2.64. The van der Waals surface area contributed by atoms with Crippen molar-refractivity contribution in [3.8, 4) is 0 Å². The predicted octanol–water partition coefficient (Wildman–Crippen LogP) is 4.62. The van der Waals surface area contributed by atoms with Crippen molar-refractivity contribution in [2.45, 2.75) is 5.16 Å². The SMILES string of the molecule is O=C(O)C[PH](=O)C(c1ccccc1)(c1ccccc1)c1ccccc1. The van der Waals surface area contributed by atoms with Crippen LogP contribution in [0.15, 0.2) is 91.0 Å². The molecule has 3 aromatic carbocycles. The van der Waals surface area contributed by atoms with Gasteiger partial charge in [-0.1, -0.05) is 91.0 Å². The van der Waals surface area contributed by atoms with E-state index in [0.29, 0.717) is 0 Å². The molecule has 0 aliphatic heterocycles. The van der Waals surface area contributed by atoms with Gasteiger partial charge in [-0.25, -0.2) is 0 Å². The Labute approximate surface area is 147 Å². The van der Waals surface area contributed by atoms with Gasteiger partial charge < -0.3 is 9.67 Å². The van der Waals surface area contributed by atoms with Gasteiger partial charge in [0.05, 0.1) is 11.3 Å². The zero-order valence-corrected chi connectivity index (χ0v) is 14.6. The Hall–Kier alpha value is -2.64. The molecule has 25 heavy (non-hydrogen) atoms. The maximum absolute atomic E-state index is 13.5. The summed E-state index contributed by atoms with van der Waals surface area (Å²) in [6, 6.07) is 28.6. The van der Waals surface area contributed by atoms with Crippen molar-refractivity contribution in [3.63, 3.8) is 0 Å². The summed E-state index contributed by atoms with van der Waals surface area (Å²) in [6.07, 6.45) is -0.358. The molecule has 0 heterocycles. The smallest absolute Gasteiger partial charge is 0.310 e. The first kappa shape index (κ1) is 17.2. The average molecular weight is 350 g/mol. The lowest BCUT2D eigenvalue weighted by Crippen LogP contribution is -2.27. The van der Waals surface area contributed by atoms with Crippen molar-refractivity contribution in [1.82, 2.24) is 0 Å². The quantitative estimate of drug-likeness (QED) is 0.521. The molecule has 0 bridgehead atoms. The second kappa shape index (κ2) is 7.50. The molecule has 3 aromatic rings. The van der Waals surface area contributed by atoms with Crippen molar-refractivity contribution in [2.24, 2.45) is 0 Å². The van der Waals surface area contributed by atoms with Gasteiger partial charge >= 0.3 is 5.97 Å². The van der Waals surface area contributed by atoms with Gasteiger partial charge in [-0.2, -0.15) is 0 Å². The molecule has 0 saturated heterocycles. The second-order valence-electron chi connectivity index (χ2n) is 5.84. The van der Waals surface area contributed by atoms with Gasteiger partial charge in [0.25, 0.3) is 0 Å². The zero-order valence-electron chi connectivity index (χ0n) is 13.6. The van der Waals surface area contributed by atoms with Crippen LogP contribution in [-0.2, 0) is 14.5 Å². The molecule has 0 fully saturated rings. The van der Waals surface area contributed by atoms with Gasteiger partial charge in [0.15, 0.2) is 0 Å². The first-order chi connectivity index (χ1) is 12.2. The van der Waals surface area contributed by atoms with E-state index in [2.05, 4.69) is 0 Å². The highest BCUT2D eigenvalue weighted by atomic mass is 31.1. The number of carboxylic acids is 1. The highest BCUT2D eigenvalue weighted by Gasteiger charge is 2.42. The van der Waals surface area contributed by atoms with Gasteiger partial charge in [-0.3, -0.25) is 4.79 Å². The lowest BCUT2D eigenvalue weighted by Gasteiger charge is -2.35. The fourth-order valence-electron chi connectivity index (χ4n) is 3.32. The minimum atomic E-state index is -2.59. The number of hydrogen-bond acceptors (Lipinski definition) is 2. The van der Waals surface area contributed by atoms with E-state index in [1.54, 1.807) is 0 Å². The molecule has 126 valence electrons. The van der Waals surface area contributed by atoms with Gasteiger partial charge in [-0.05, 0) is 16.7 Å². The monoisotopic (exact) mass is 350 g/mol. The highest BCUT2D eigenvalue weighted by Crippen LogP contribution is 2.56.